The van der Waals surface area contributed by atoms with Gasteiger partial charge in [-0.1, -0.05) is 13.8 Å². The highest BCUT2D eigenvalue weighted by Gasteiger charge is 2.51. The first-order valence-corrected chi connectivity index (χ1v) is 6.78. The van der Waals surface area contributed by atoms with Gasteiger partial charge in [0.15, 0.2) is 6.29 Å². The first kappa shape index (κ1) is 13.1. The fourth-order valence-corrected chi connectivity index (χ4v) is 2.99. The molecular formula is C13H21N3O3. The number of nitrogens with one attached hydrogen (secondary N) is 1. The lowest BCUT2D eigenvalue weighted by Gasteiger charge is -2.40. The Morgan fingerprint density at radius 2 is 2.32 bits per heavy atom. The van der Waals surface area contributed by atoms with Crippen molar-refractivity contribution < 1.29 is 14.6 Å². The van der Waals surface area contributed by atoms with Gasteiger partial charge in [-0.05, 0) is 6.92 Å². The van der Waals surface area contributed by atoms with Gasteiger partial charge in [0.1, 0.15) is 18.0 Å². The number of hydrogen-bond acceptors (Lipinski definition) is 5. The molecule has 106 valence electrons. The molecule has 6 nitrogen and oxygen atoms in total. The summed E-state index contributed by atoms with van der Waals surface area (Å²) in [5.41, 5.74) is 0. The molecule has 19 heavy (non-hydrogen) atoms. The van der Waals surface area contributed by atoms with Gasteiger partial charge in [0.05, 0.1) is 18.8 Å². The Kier molecular flexibility index (Phi) is 3.34. The van der Waals surface area contributed by atoms with Crippen LogP contribution in [0, 0.1) is 6.92 Å². The van der Waals surface area contributed by atoms with Crippen LogP contribution in [0.4, 0.5) is 0 Å². The topological polar surface area (TPSA) is 68.5 Å². The van der Waals surface area contributed by atoms with Crippen LogP contribution in [0.1, 0.15) is 25.7 Å². The van der Waals surface area contributed by atoms with Crippen LogP contribution in [0.5, 0.6) is 0 Å². The minimum atomic E-state index is -0.554. The molecule has 3 heterocycles. The largest absolute Gasteiger partial charge is 0.389 e. The maximum atomic E-state index is 10.7. The average molecular weight is 267 g/mol. The fourth-order valence-electron chi connectivity index (χ4n) is 2.99. The number of nitrogens with zero attached hydrogens (tertiary/aromatic N) is 2. The molecule has 2 aliphatic rings. The predicted octanol–water partition coefficient (Wildman–Crippen LogP) is 0.215. The lowest BCUT2D eigenvalue weighted by molar-refractivity contribution is -0.166. The summed E-state index contributed by atoms with van der Waals surface area (Å²) in [7, 11) is 0. The molecule has 2 bridgehead atoms. The van der Waals surface area contributed by atoms with E-state index in [2.05, 4.69) is 24.1 Å². The normalized spacial score (nSPS) is 38.1. The summed E-state index contributed by atoms with van der Waals surface area (Å²) in [6.45, 7) is 6.56. The Morgan fingerprint density at radius 1 is 1.53 bits per heavy atom. The van der Waals surface area contributed by atoms with Crippen LogP contribution in [0.25, 0.3) is 0 Å². The zero-order chi connectivity index (χ0) is 13.6. The summed E-state index contributed by atoms with van der Waals surface area (Å²) in [5, 5.41) is 14.1. The second-order valence-electron chi connectivity index (χ2n) is 5.59. The van der Waals surface area contributed by atoms with Crippen LogP contribution in [0.15, 0.2) is 12.4 Å². The number of rotatable bonds is 3. The van der Waals surface area contributed by atoms with Gasteiger partial charge in [0.2, 0.25) is 0 Å². The number of ether oxygens (including phenoxy) is 2. The van der Waals surface area contributed by atoms with E-state index in [4.69, 9.17) is 9.47 Å². The molecule has 1 aromatic rings. The molecule has 0 unspecified atom stereocenters. The van der Waals surface area contributed by atoms with Gasteiger partial charge in [-0.15, -0.1) is 0 Å². The Morgan fingerprint density at radius 3 is 2.95 bits per heavy atom. The van der Waals surface area contributed by atoms with E-state index in [0.29, 0.717) is 6.61 Å². The third kappa shape index (κ3) is 2.18. The number of aromatic nitrogens is 2. The summed E-state index contributed by atoms with van der Waals surface area (Å²) in [6.07, 6.45) is 2.57. The molecule has 2 aliphatic heterocycles. The van der Waals surface area contributed by atoms with E-state index >= 15 is 0 Å². The highest BCUT2D eigenvalue weighted by molar-refractivity contribution is 5.04. The number of imidazole rings is 1. The summed E-state index contributed by atoms with van der Waals surface area (Å²) < 4.78 is 13.5. The Labute approximate surface area is 112 Å². The van der Waals surface area contributed by atoms with Crippen molar-refractivity contribution in [3.63, 3.8) is 0 Å². The first-order chi connectivity index (χ1) is 9.08. The maximum Gasteiger partial charge on any atom is 0.181 e. The maximum absolute atomic E-state index is 10.7. The monoisotopic (exact) mass is 267 g/mol. The van der Waals surface area contributed by atoms with Gasteiger partial charge < -0.3 is 24.5 Å². The third-order valence-electron chi connectivity index (χ3n) is 3.84. The van der Waals surface area contributed by atoms with E-state index in [-0.39, 0.29) is 24.2 Å². The highest BCUT2D eigenvalue weighted by Crippen LogP contribution is 2.36. The number of aliphatic hydroxyl groups is 1. The zero-order valence-electron chi connectivity index (χ0n) is 11.5. The molecule has 0 amide bonds. The van der Waals surface area contributed by atoms with Crippen LogP contribution in [-0.2, 0) is 9.47 Å². The second-order valence-corrected chi connectivity index (χ2v) is 5.59. The van der Waals surface area contributed by atoms with Crippen molar-refractivity contribution in [1.82, 2.24) is 14.9 Å². The zero-order valence-corrected chi connectivity index (χ0v) is 11.5. The summed E-state index contributed by atoms with van der Waals surface area (Å²) in [6, 6.07) is -0.0898. The molecule has 2 fully saturated rings. The summed E-state index contributed by atoms with van der Waals surface area (Å²) in [4.78, 5) is 4.21. The Balaban J connectivity index is 1.89. The van der Waals surface area contributed by atoms with Gasteiger partial charge in [-0.2, -0.15) is 0 Å². The van der Waals surface area contributed by atoms with Crippen molar-refractivity contribution in [1.29, 1.82) is 0 Å². The summed E-state index contributed by atoms with van der Waals surface area (Å²) in [5.74, 6) is 0.852. The average Bonchev–Trinajstić information content (AvgIpc) is 2.94. The lowest BCUT2D eigenvalue weighted by atomic mass is 9.95. The van der Waals surface area contributed by atoms with Gasteiger partial charge in [-0.3, -0.25) is 0 Å². The molecule has 3 rings (SSSR count). The van der Waals surface area contributed by atoms with Crippen molar-refractivity contribution in [2.45, 2.75) is 57.4 Å². The fraction of sp³-hybridized carbons (Fsp3) is 0.769. The van der Waals surface area contributed by atoms with Gasteiger partial charge in [0, 0.05) is 18.4 Å². The molecule has 0 spiro atoms. The van der Waals surface area contributed by atoms with E-state index in [1.807, 2.05) is 17.7 Å². The van der Waals surface area contributed by atoms with E-state index in [1.54, 1.807) is 6.20 Å². The molecule has 2 N–H and O–H groups in total. The summed E-state index contributed by atoms with van der Waals surface area (Å²) >= 11 is 0. The minimum absolute atomic E-state index is 0.0810. The standard InChI is InChI=1S/C13H21N3O3/c1-7(2)15-10-9-6-18-13(19-9)11(12(10)17)16-5-4-14-8(16)3/h4-5,7,9-13,15,17H,6H2,1-3H3/t9-,10-,11-,12+,13-/m1/s1. The Bertz CT molecular complexity index is 448. The molecule has 2 saturated heterocycles. The molecular weight excluding hydrogens is 246 g/mol. The second kappa shape index (κ2) is 4.86. The molecule has 6 heteroatoms. The molecule has 0 radical (unpaired) electrons. The number of hydrogen-bond donors (Lipinski definition) is 2. The quantitative estimate of drug-likeness (QED) is 0.819. The van der Waals surface area contributed by atoms with E-state index in [1.165, 1.54) is 0 Å². The van der Waals surface area contributed by atoms with Crippen molar-refractivity contribution in [2.75, 3.05) is 6.61 Å². The van der Waals surface area contributed by atoms with Gasteiger partial charge >= 0.3 is 0 Å². The highest BCUT2D eigenvalue weighted by atomic mass is 16.7. The molecule has 5 atom stereocenters. The van der Waals surface area contributed by atoms with E-state index in [0.717, 1.165) is 5.82 Å². The van der Waals surface area contributed by atoms with Crippen LogP contribution < -0.4 is 5.32 Å². The molecule has 0 aliphatic carbocycles. The first-order valence-electron chi connectivity index (χ1n) is 6.78. The number of fused-ring (bicyclic) bond motifs is 2. The van der Waals surface area contributed by atoms with Gasteiger partial charge in [-0.25, -0.2) is 4.98 Å². The van der Waals surface area contributed by atoms with Crippen LogP contribution in [0.3, 0.4) is 0 Å². The smallest absolute Gasteiger partial charge is 0.181 e. The Hall–Kier alpha value is -0.950. The van der Waals surface area contributed by atoms with Crippen molar-refractivity contribution in [3.05, 3.63) is 18.2 Å². The predicted molar refractivity (Wildman–Crippen MR) is 68.7 cm³/mol. The van der Waals surface area contributed by atoms with Crippen LogP contribution in [0.2, 0.25) is 0 Å². The molecule has 0 saturated carbocycles. The van der Waals surface area contributed by atoms with E-state index < -0.39 is 12.4 Å². The third-order valence-corrected chi connectivity index (χ3v) is 3.84. The van der Waals surface area contributed by atoms with Gasteiger partial charge in [0.25, 0.3) is 0 Å². The molecule has 0 aromatic carbocycles. The van der Waals surface area contributed by atoms with Crippen molar-refractivity contribution >= 4 is 0 Å². The van der Waals surface area contributed by atoms with Crippen molar-refractivity contribution in [3.8, 4) is 0 Å². The van der Waals surface area contributed by atoms with Crippen LogP contribution >= 0.6 is 0 Å². The number of aryl methyl sites for hydroxylation is 1. The lowest BCUT2D eigenvalue weighted by Crippen LogP contribution is -2.59. The number of aliphatic hydroxyl groups excluding tert-OH is 1. The van der Waals surface area contributed by atoms with Crippen molar-refractivity contribution in [2.24, 2.45) is 0 Å². The van der Waals surface area contributed by atoms with E-state index in [9.17, 15) is 5.11 Å². The SMILES string of the molecule is Cc1nccn1[C@H]1[C@@H]2OC[C@@H](O2)[C@@H](NC(C)C)[C@@H]1O. The van der Waals surface area contributed by atoms with Crippen LogP contribution in [-0.4, -0.2) is 51.8 Å². The minimum Gasteiger partial charge on any atom is -0.389 e. The molecule has 1 aromatic heterocycles.